The van der Waals surface area contributed by atoms with Crippen LogP contribution in [0.5, 0.6) is 11.5 Å². The third-order valence-electron chi connectivity index (χ3n) is 4.16. The van der Waals surface area contributed by atoms with Crippen LogP contribution in [0.25, 0.3) is 0 Å². The molecule has 0 bridgehead atoms. The van der Waals surface area contributed by atoms with Gasteiger partial charge in [-0.1, -0.05) is 0 Å². The van der Waals surface area contributed by atoms with E-state index in [9.17, 15) is 19.3 Å². The van der Waals surface area contributed by atoms with E-state index < -0.39 is 16.6 Å². The van der Waals surface area contributed by atoms with Crippen LogP contribution >= 0.6 is 15.9 Å². The number of ether oxygens (including phenoxy) is 2. The van der Waals surface area contributed by atoms with Crippen LogP contribution in [-0.2, 0) is 4.79 Å². The summed E-state index contributed by atoms with van der Waals surface area (Å²) >= 11 is 3.41. The van der Waals surface area contributed by atoms with Crippen LogP contribution in [-0.4, -0.2) is 35.2 Å². The normalized spacial score (nSPS) is 10.7. The number of pyridine rings is 1. The first-order chi connectivity index (χ1) is 16.4. The topological polar surface area (TPSA) is 128 Å². The summed E-state index contributed by atoms with van der Waals surface area (Å²) in [6.45, 7) is 1.87. The number of halogens is 2. The number of amides is 1. The highest BCUT2D eigenvalue weighted by atomic mass is 79.9. The largest absolute Gasteiger partial charge is 0.490 e. The van der Waals surface area contributed by atoms with Crippen molar-refractivity contribution in [2.75, 3.05) is 24.0 Å². The number of benzene rings is 2. The number of anilines is 2. The van der Waals surface area contributed by atoms with E-state index >= 15 is 0 Å². The predicted octanol–water partition coefficient (Wildman–Crippen LogP) is 4.75. The van der Waals surface area contributed by atoms with Gasteiger partial charge in [-0.05, 0) is 70.9 Å². The summed E-state index contributed by atoms with van der Waals surface area (Å²) in [6, 6.07) is 11.5. The molecule has 3 aromatic rings. The van der Waals surface area contributed by atoms with Gasteiger partial charge in [0.15, 0.2) is 18.1 Å². The fraction of sp³-hybridized carbons (Fsp3) is 0.136. The van der Waals surface area contributed by atoms with E-state index in [0.717, 1.165) is 6.20 Å². The average Bonchev–Trinajstić information content (AvgIpc) is 2.80. The molecule has 1 amide bonds. The molecule has 0 aliphatic rings. The lowest BCUT2D eigenvalue weighted by Gasteiger charge is -2.14. The van der Waals surface area contributed by atoms with Gasteiger partial charge in [0.25, 0.3) is 11.6 Å². The van der Waals surface area contributed by atoms with E-state index in [2.05, 4.69) is 36.8 Å². The maximum Gasteiger partial charge on any atom is 0.287 e. The quantitative estimate of drug-likeness (QED) is 0.219. The molecule has 0 aliphatic heterocycles. The number of rotatable bonds is 10. The lowest BCUT2D eigenvalue weighted by Crippen LogP contribution is -2.20. The minimum Gasteiger partial charge on any atom is -0.490 e. The first-order valence-corrected chi connectivity index (χ1v) is 10.7. The lowest BCUT2D eigenvalue weighted by atomic mass is 10.2. The van der Waals surface area contributed by atoms with Crippen molar-refractivity contribution in [3.05, 3.63) is 80.7 Å². The zero-order valence-corrected chi connectivity index (χ0v) is 19.4. The molecule has 1 aromatic heterocycles. The van der Waals surface area contributed by atoms with Gasteiger partial charge in [-0.3, -0.25) is 20.3 Å². The molecule has 10 nitrogen and oxygen atoms in total. The van der Waals surface area contributed by atoms with Gasteiger partial charge in [-0.2, -0.15) is 5.10 Å². The van der Waals surface area contributed by atoms with Crippen LogP contribution in [0.15, 0.2) is 64.3 Å². The smallest absolute Gasteiger partial charge is 0.287 e. The minimum absolute atomic E-state index is 0.123. The third kappa shape index (κ3) is 6.97. The molecule has 0 fully saturated rings. The number of carbonyl (C=O) groups is 1. The molecule has 0 saturated heterocycles. The second-order valence-electron chi connectivity index (χ2n) is 6.64. The Balaban J connectivity index is 1.65. The molecule has 2 aromatic carbocycles. The number of nitrogens with one attached hydrogen (secondary N) is 2. The standard InChI is InChI=1S/C22H19BrFN5O5/c1-2-33-19-10-14(11-26-28-20-8-7-17(12-25-20)29(31)32)9-18(23)22(19)34-13-21(30)27-16-5-3-15(24)4-6-16/h3-12H,2,13H2,1H3,(H,25,28)(H,27,30)/b26-11+. The molecule has 0 saturated carbocycles. The summed E-state index contributed by atoms with van der Waals surface area (Å²) in [5.41, 5.74) is 3.65. The highest BCUT2D eigenvalue weighted by Crippen LogP contribution is 2.36. The molecule has 34 heavy (non-hydrogen) atoms. The summed E-state index contributed by atoms with van der Waals surface area (Å²) in [4.78, 5) is 26.3. The summed E-state index contributed by atoms with van der Waals surface area (Å²) in [5, 5.41) is 17.4. The number of nitro groups is 1. The zero-order valence-electron chi connectivity index (χ0n) is 17.8. The van der Waals surface area contributed by atoms with Gasteiger partial charge in [0.2, 0.25) is 0 Å². The van der Waals surface area contributed by atoms with E-state index in [1.165, 1.54) is 42.6 Å². The monoisotopic (exact) mass is 531 g/mol. The van der Waals surface area contributed by atoms with Gasteiger partial charge in [0.05, 0.1) is 22.2 Å². The Hall–Kier alpha value is -4.06. The Morgan fingerprint density at radius 1 is 1.24 bits per heavy atom. The molecule has 0 spiro atoms. The first kappa shape index (κ1) is 24.6. The van der Waals surface area contributed by atoms with Gasteiger partial charge in [0, 0.05) is 11.8 Å². The number of hydrogen-bond acceptors (Lipinski definition) is 8. The molecule has 0 aliphatic carbocycles. The summed E-state index contributed by atoms with van der Waals surface area (Å²) in [5.74, 6) is 0.228. The Morgan fingerprint density at radius 3 is 2.65 bits per heavy atom. The predicted molar refractivity (Wildman–Crippen MR) is 128 cm³/mol. The zero-order chi connectivity index (χ0) is 24.5. The number of aromatic nitrogens is 1. The van der Waals surface area contributed by atoms with Crippen LogP contribution in [0.2, 0.25) is 0 Å². The van der Waals surface area contributed by atoms with E-state index in [4.69, 9.17) is 9.47 Å². The van der Waals surface area contributed by atoms with E-state index in [1.807, 2.05) is 6.92 Å². The van der Waals surface area contributed by atoms with E-state index in [1.54, 1.807) is 12.1 Å². The van der Waals surface area contributed by atoms with Gasteiger partial charge in [-0.15, -0.1) is 0 Å². The second-order valence-corrected chi connectivity index (χ2v) is 7.49. The summed E-state index contributed by atoms with van der Waals surface area (Å²) in [6.07, 6.45) is 2.63. The van der Waals surface area contributed by atoms with Crippen LogP contribution < -0.4 is 20.2 Å². The van der Waals surface area contributed by atoms with Gasteiger partial charge < -0.3 is 14.8 Å². The highest BCUT2D eigenvalue weighted by molar-refractivity contribution is 9.10. The first-order valence-electron chi connectivity index (χ1n) is 9.89. The van der Waals surface area contributed by atoms with Gasteiger partial charge >= 0.3 is 0 Å². The molecule has 176 valence electrons. The van der Waals surface area contributed by atoms with Crippen molar-refractivity contribution < 1.29 is 23.6 Å². The van der Waals surface area contributed by atoms with Crippen molar-refractivity contribution in [3.63, 3.8) is 0 Å². The molecule has 3 rings (SSSR count). The number of hydrogen-bond donors (Lipinski definition) is 2. The lowest BCUT2D eigenvalue weighted by molar-refractivity contribution is -0.385. The maximum absolute atomic E-state index is 13.0. The molecule has 0 atom stereocenters. The van der Waals surface area contributed by atoms with Crippen molar-refractivity contribution in [3.8, 4) is 11.5 Å². The van der Waals surface area contributed by atoms with Gasteiger partial charge in [-0.25, -0.2) is 9.37 Å². The fourth-order valence-corrected chi connectivity index (χ4v) is 3.24. The molecule has 12 heteroatoms. The van der Waals surface area contributed by atoms with Crippen molar-refractivity contribution >= 4 is 45.2 Å². The van der Waals surface area contributed by atoms with E-state index in [-0.39, 0.29) is 12.3 Å². The molecule has 0 radical (unpaired) electrons. The minimum atomic E-state index is -0.539. The van der Waals surface area contributed by atoms with Crippen LogP contribution in [0.3, 0.4) is 0 Å². The second kappa shape index (κ2) is 11.7. The van der Waals surface area contributed by atoms with Gasteiger partial charge in [0.1, 0.15) is 17.8 Å². The maximum atomic E-state index is 13.0. The highest BCUT2D eigenvalue weighted by Gasteiger charge is 2.14. The Bertz CT molecular complexity index is 1190. The van der Waals surface area contributed by atoms with Crippen molar-refractivity contribution in [1.29, 1.82) is 0 Å². The third-order valence-corrected chi connectivity index (χ3v) is 4.75. The molecule has 2 N–H and O–H groups in total. The fourth-order valence-electron chi connectivity index (χ4n) is 2.67. The molecular weight excluding hydrogens is 513 g/mol. The van der Waals surface area contributed by atoms with Crippen molar-refractivity contribution in [2.24, 2.45) is 5.10 Å². The van der Waals surface area contributed by atoms with Crippen molar-refractivity contribution in [2.45, 2.75) is 6.92 Å². The molecule has 1 heterocycles. The number of nitrogens with zero attached hydrogens (tertiary/aromatic N) is 3. The Labute approximate surface area is 202 Å². The van der Waals surface area contributed by atoms with Crippen molar-refractivity contribution in [1.82, 2.24) is 4.98 Å². The summed E-state index contributed by atoms with van der Waals surface area (Å²) in [7, 11) is 0. The Kier molecular flexibility index (Phi) is 8.46. The number of hydrazone groups is 1. The van der Waals surface area contributed by atoms with Crippen LogP contribution in [0, 0.1) is 15.9 Å². The Morgan fingerprint density at radius 2 is 2.00 bits per heavy atom. The van der Waals surface area contributed by atoms with E-state index in [0.29, 0.717) is 39.6 Å². The SMILES string of the molecule is CCOc1cc(/C=N/Nc2ccc([N+](=O)[O-])cn2)cc(Br)c1OCC(=O)Nc1ccc(F)cc1. The molecule has 0 unspecified atom stereocenters. The van der Waals surface area contributed by atoms with Crippen LogP contribution in [0.1, 0.15) is 12.5 Å². The van der Waals surface area contributed by atoms with Crippen LogP contribution in [0.4, 0.5) is 21.6 Å². The average molecular weight is 532 g/mol. The number of carbonyl (C=O) groups excluding carboxylic acids is 1. The summed E-state index contributed by atoms with van der Waals surface area (Å²) < 4.78 is 24.8. The molecular formula is C22H19BrFN5O5.